The summed E-state index contributed by atoms with van der Waals surface area (Å²) in [5.74, 6) is -0.0683. The van der Waals surface area contributed by atoms with Gasteiger partial charge in [-0.15, -0.1) is 0 Å². The molecule has 2 N–H and O–H groups in total. The van der Waals surface area contributed by atoms with E-state index in [1.54, 1.807) is 0 Å². The van der Waals surface area contributed by atoms with Crippen LogP contribution in [0.15, 0.2) is 0 Å². The zero-order chi connectivity index (χ0) is 39.0. The first kappa shape index (κ1) is 52.3. The van der Waals surface area contributed by atoms with Crippen molar-refractivity contribution in [2.75, 3.05) is 73.2 Å². The standard InChI is InChI=1S/C47H98N2O4/c1-5-7-9-11-13-15-17-19-21-23-25-27-29-31-33-35-38-48(3,41-44-50)39-36-40-49(4,42-45-51)43-46-53-47(52)37-34-32-30-28-26-24-22-20-18-16-14-12-10-8-6-2/h50-51H,5-46H2,1-4H3/q+2. The van der Waals surface area contributed by atoms with Crippen LogP contribution in [0.3, 0.4) is 0 Å². The molecule has 0 fully saturated rings. The lowest BCUT2D eigenvalue weighted by Crippen LogP contribution is -2.52. The van der Waals surface area contributed by atoms with Crippen LogP contribution < -0.4 is 0 Å². The Labute approximate surface area is 332 Å². The van der Waals surface area contributed by atoms with Crippen molar-refractivity contribution in [3.63, 3.8) is 0 Å². The van der Waals surface area contributed by atoms with Crippen LogP contribution in [0.25, 0.3) is 0 Å². The van der Waals surface area contributed by atoms with E-state index in [4.69, 9.17) is 4.74 Å². The molecule has 0 aromatic rings. The molecule has 6 heteroatoms. The van der Waals surface area contributed by atoms with Crippen LogP contribution in [0.4, 0.5) is 0 Å². The number of esters is 1. The second-order valence-corrected chi connectivity index (χ2v) is 17.6. The van der Waals surface area contributed by atoms with Crippen molar-refractivity contribution >= 4 is 5.97 Å². The normalized spacial score (nSPS) is 14.0. The van der Waals surface area contributed by atoms with E-state index in [1.165, 1.54) is 186 Å². The lowest BCUT2D eigenvalue weighted by atomic mass is 10.0. The quantitative estimate of drug-likeness (QED) is 0.0369. The van der Waals surface area contributed by atoms with Gasteiger partial charge in [-0.2, -0.15) is 0 Å². The number of likely N-dealkylation sites (N-methyl/N-ethyl adjacent to an activating group) is 2. The van der Waals surface area contributed by atoms with Crippen LogP contribution in [0.2, 0.25) is 0 Å². The van der Waals surface area contributed by atoms with E-state index in [0.717, 1.165) is 61.0 Å². The molecular formula is C47H98N2O4+2. The molecule has 0 amide bonds. The molecule has 6 nitrogen and oxygen atoms in total. The lowest BCUT2D eigenvalue weighted by Gasteiger charge is -2.37. The Hall–Kier alpha value is -0.690. The summed E-state index contributed by atoms with van der Waals surface area (Å²) in [7, 11) is 4.49. The first-order valence-electron chi connectivity index (χ1n) is 23.9. The van der Waals surface area contributed by atoms with E-state index >= 15 is 0 Å². The third-order valence-corrected chi connectivity index (χ3v) is 12.1. The summed E-state index contributed by atoms with van der Waals surface area (Å²) in [5.41, 5.74) is 0. The van der Waals surface area contributed by atoms with Crippen LogP contribution in [0, 0.1) is 0 Å². The van der Waals surface area contributed by atoms with Crippen molar-refractivity contribution in [2.24, 2.45) is 0 Å². The average molecular weight is 755 g/mol. The Bertz CT molecular complexity index is 752. The summed E-state index contributed by atoms with van der Waals surface area (Å²) >= 11 is 0. The molecule has 0 rings (SSSR count). The highest BCUT2D eigenvalue weighted by Gasteiger charge is 2.26. The Morgan fingerprint density at radius 3 is 1.00 bits per heavy atom. The number of aliphatic hydroxyl groups is 2. The average Bonchev–Trinajstić information content (AvgIpc) is 3.13. The summed E-state index contributed by atoms with van der Waals surface area (Å²) in [6, 6.07) is 0. The van der Waals surface area contributed by atoms with E-state index in [0.29, 0.717) is 19.6 Å². The van der Waals surface area contributed by atoms with Gasteiger partial charge in [0.15, 0.2) is 0 Å². The zero-order valence-electron chi connectivity index (χ0n) is 36.8. The van der Waals surface area contributed by atoms with Crippen LogP contribution in [-0.4, -0.2) is 98.3 Å². The predicted molar refractivity (Wildman–Crippen MR) is 230 cm³/mol. The largest absolute Gasteiger partial charge is 0.460 e. The van der Waals surface area contributed by atoms with Gasteiger partial charge in [0.25, 0.3) is 0 Å². The molecule has 0 aliphatic rings. The second kappa shape index (κ2) is 39.5. The van der Waals surface area contributed by atoms with Gasteiger partial charge in [-0.05, 0) is 19.3 Å². The minimum Gasteiger partial charge on any atom is -0.460 e. The molecule has 0 saturated heterocycles. The second-order valence-electron chi connectivity index (χ2n) is 17.6. The van der Waals surface area contributed by atoms with Crippen LogP contribution >= 0.6 is 0 Å². The fraction of sp³-hybridized carbons (Fsp3) is 0.979. The highest BCUT2D eigenvalue weighted by molar-refractivity contribution is 5.69. The smallest absolute Gasteiger partial charge is 0.305 e. The van der Waals surface area contributed by atoms with Gasteiger partial charge in [0.2, 0.25) is 0 Å². The number of carbonyl (C=O) groups is 1. The van der Waals surface area contributed by atoms with Gasteiger partial charge in [-0.1, -0.05) is 194 Å². The lowest BCUT2D eigenvalue weighted by molar-refractivity contribution is -0.928. The van der Waals surface area contributed by atoms with Gasteiger partial charge >= 0.3 is 5.97 Å². The molecule has 2 atom stereocenters. The summed E-state index contributed by atoms with van der Waals surface area (Å²) in [4.78, 5) is 12.4. The van der Waals surface area contributed by atoms with Crippen molar-refractivity contribution in [2.45, 2.75) is 226 Å². The van der Waals surface area contributed by atoms with Gasteiger partial charge in [0.1, 0.15) is 26.2 Å². The van der Waals surface area contributed by atoms with Gasteiger partial charge in [-0.3, -0.25) is 4.79 Å². The molecule has 0 aliphatic heterocycles. The molecule has 0 radical (unpaired) electrons. The van der Waals surface area contributed by atoms with E-state index in [2.05, 4.69) is 27.9 Å². The maximum absolute atomic E-state index is 12.4. The number of rotatable bonds is 44. The van der Waals surface area contributed by atoms with E-state index < -0.39 is 0 Å². The minimum atomic E-state index is -0.0683. The number of hydrogen-bond donors (Lipinski definition) is 2. The van der Waals surface area contributed by atoms with Gasteiger partial charge in [0.05, 0.1) is 46.9 Å². The van der Waals surface area contributed by atoms with Crippen molar-refractivity contribution in [3.8, 4) is 0 Å². The molecule has 53 heavy (non-hydrogen) atoms. The molecule has 0 aromatic heterocycles. The molecule has 0 aliphatic carbocycles. The predicted octanol–water partition coefficient (Wildman–Crippen LogP) is 12.3. The Kier molecular flexibility index (Phi) is 39.0. The number of quaternary nitrogens is 2. The number of ether oxygens (including phenoxy) is 1. The van der Waals surface area contributed by atoms with Crippen LogP contribution in [-0.2, 0) is 9.53 Å². The van der Waals surface area contributed by atoms with Gasteiger partial charge < -0.3 is 23.9 Å². The van der Waals surface area contributed by atoms with E-state index in [1.807, 2.05) is 0 Å². The number of carbonyl (C=O) groups excluding carboxylic acids is 1. The van der Waals surface area contributed by atoms with E-state index in [-0.39, 0.29) is 19.2 Å². The number of hydrogen-bond acceptors (Lipinski definition) is 4. The zero-order valence-corrected chi connectivity index (χ0v) is 36.8. The highest BCUT2D eigenvalue weighted by atomic mass is 16.5. The summed E-state index contributed by atoms with van der Waals surface area (Å²) < 4.78 is 7.30. The first-order valence-corrected chi connectivity index (χ1v) is 23.9. The van der Waals surface area contributed by atoms with Crippen LogP contribution in [0.1, 0.15) is 226 Å². The number of nitrogens with zero attached hydrogens (tertiary/aromatic N) is 2. The molecule has 0 aromatic carbocycles. The van der Waals surface area contributed by atoms with Crippen molar-refractivity contribution in [1.82, 2.24) is 0 Å². The molecule has 0 bridgehead atoms. The SMILES string of the molecule is CCCCCCCCCCCCCCCCCC[N+](C)(CCO)CCC[N+](C)(CCO)CCOC(=O)CCCCCCCCCCCCCCCCC. The molecule has 0 spiro atoms. The summed E-state index contributed by atoms with van der Waals surface area (Å²) in [5, 5.41) is 19.6. The maximum Gasteiger partial charge on any atom is 0.305 e. The molecule has 318 valence electrons. The molecule has 0 heterocycles. The van der Waals surface area contributed by atoms with Gasteiger partial charge in [0, 0.05) is 12.8 Å². The van der Waals surface area contributed by atoms with Crippen LogP contribution in [0.5, 0.6) is 0 Å². The summed E-state index contributed by atoms with van der Waals surface area (Å²) in [6.07, 6.45) is 43.7. The fourth-order valence-electron chi connectivity index (χ4n) is 8.12. The fourth-order valence-corrected chi connectivity index (χ4v) is 8.12. The topological polar surface area (TPSA) is 66.8 Å². The van der Waals surface area contributed by atoms with Crippen molar-refractivity contribution in [1.29, 1.82) is 0 Å². The molecular weight excluding hydrogens is 657 g/mol. The van der Waals surface area contributed by atoms with Crippen molar-refractivity contribution < 1.29 is 28.7 Å². The summed E-state index contributed by atoms with van der Waals surface area (Å²) in [6.45, 7) is 10.7. The Morgan fingerprint density at radius 1 is 0.377 bits per heavy atom. The molecule has 2 unspecified atom stereocenters. The molecule has 0 saturated carbocycles. The highest BCUT2D eigenvalue weighted by Crippen LogP contribution is 2.17. The first-order chi connectivity index (χ1) is 25.8. The Morgan fingerprint density at radius 2 is 0.660 bits per heavy atom. The van der Waals surface area contributed by atoms with Crippen molar-refractivity contribution in [3.05, 3.63) is 0 Å². The Balaban J connectivity index is 3.97. The number of unbranched alkanes of at least 4 members (excludes halogenated alkanes) is 29. The number of aliphatic hydroxyl groups excluding tert-OH is 2. The monoisotopic (exact) mass is 755 g/mol. The third kappa shape index (κ3) is 36.7. The third-order valence-electron chi connectivity index (χ3n) is 12.1. The van der Waals surface area contributed by atoms with E-state index in [9.17, 15) is 15.0 Å². The maximum atomic E-state index is 12.4. The van der Waals surface area contributed by atoms with Gasteiger partial charge in [-0.25, -0.2) is 0 Å². The minimum absolute atomic E-state index is 0.0683.